The van der Waals surface area contributed by atoms with Crippen LogP contribution < -0.4 is 14.7 Å². The maximum atomic E-state index is 9.31. The van der Waals surface area contributed by atoms with Crippen LogP contribution in [0.15, 0.2) is 0 Å². The van der Waals surface area contributed by atoms with E-state index in [0.29, 0.717) is 0 Å². The topological polar surface area (TPSA) is 113 Å². The van der Waals surface area contributed by atoms with Crippen molar-refractivity contribution in [1.82, 2.24) is 0 Å². The maximum absolute atomic E-state index is 9.31. The minimum atomic E-state index is -5.32. The molecule has 0 radical (unpaired) electrons. The van der Waals surface area contributed by atoms with Crippen molar-refractivity contribution in [3.05, 3.63) is 0 Å². The van der Waals surface area contributed by atoms with Crippen LogP contribution in [-0.2, 0) is 13.4 Å². The fourth-order valence-corrected chi connectivity index (χ4v) is 0.735. The fourth-order valence-electron chi connectivity index (χ4n) is 0.0816. The van der Waals surface area contributed by atoms with Gasteiger partial charge in [-0.15, -0.1) is 4.31 Å². The van der Waals surface area contributed by atoms with Gasteiger partial charge in [-0.2, -0.15) is 0 Å². The minimum absolute atomic E-state index is 0. The second-order valence-electron chi connectivity index (χ2n) is 0.752. The molecule has 0 saturated carbocycles. The molecule has 0 saturated heterocycles. The first-order valence-electron chi connectivity index (χ1n) is 2.28. The quantitative estimate of drug-likeness (QED) is 0.524. The van der Waals surface area contributed by atoms with Crippen LogP contribution in [0.4, 0.5) is 0 Å². The third-order valence-corrected chi connectivity index (χ3v) is 1.50. The first kappa shape index (κ1) is 36.3. The molecule has 86 valence electrons. The monoisotopic (exact) mass is 260 g/mol. The van der Waals surface area contributed by atoms with Crippen molar-refractivity contribution in [1.29, 1.82) is 0 Å². The molecular formula is C5H18MgO6P2. The second-order valence-corrected chi connectivity index (χ2v) is 2.75. The van der Waals surface area contributed by atoms with E-state index in [1.165, 1.54) is 0 Å². The smallest absolute Gasteiger partial charge is 0.786 e. The summed E-state index contributed by atoms with van der Waals surface area (Å²) < 4.78 is 21.4. The molecule has 0 aliphatic rings. The largest absolute Gasteiger partial charge is 2.00 e. The van der Waals surface area contributed by atoms with Gasteiger partial charge in [0.05, 0.1) is 0 Å². The van der Waals surface area contributed by atoms with Crippen molar-refractivity contribution in [2.45, 2.75) is 36.1 Å². The summed E-state index contributed by atoms with van der Waals surface area (Å²) in [6, 6.07) is 0. The van der Waals surface area contributed by atoms with E-state index in [-0.39, 0.29) is 45.3 Å². The number of hydrogen-bond donors (Lipinski definition) is 0. The van der Waals surface area contributed by atoms with Crippen LogP contribution in [0.2, 0.25) is 0 Å². The summed E-state index contributed by atoms with van der Waals surface area (Å²) in [6.45, 7) is 4.00. The number of rotatable bonds is 2. The van der Waals surface area contributed by atoms with Crippen LogP contribution in [0.3, 0.4) is 0 Å². The van der Waals surface area contributed by atoms with Gasteiger partial charge in [0, 0.05) is 0 Å². The van der Waals surface area contributed by atoms with E-state index in [9.17, 15) is 23.8 Å². The van der Waals surface area contributed by atoms with Crippen LogP contribution in [0.1, 0.15) is 36.1 Å². The summed E-state index contributed by atoms with van der Waals surface area (Å²) in [5.41, 5.74) is 0. The Morgan fingerprint density at radius 2 is 1.36 bits per heavy atom. The van der Waals surface area contributed by atoms with Crippen LogP contribution in [0, 0.1) is 0 Å². The van der Waals surface area contributed by atoms with Gasteiger partial charge in [0.15, 0.2) is 0 Å². The van der Waals surface area contributed by atoms with Gasteiger partial charge in [-0.1, -0.05) is 36.1 Å². The summed E-state index contributed by atoms with van der Waals surface area (Å²) in [7, 11) is -8.89. The predicted octanol–water partition coefficient (Wildman–Crippen LogP) is 0.403. The molecule has 14 heavy (non-hydrogen) atoms. The van der Waals surface area contributed by atoms with Gasteiger partial charge in [0.25, 0.3) is 0 Å². The fraction of sp³-hybridized carbons (Fsp3) is 1.00. The zero-order valence-corrected chi connectivity index (χ0v) is 9.25. The zero-order chi connectivity index (χ0) is 8.78. The van der Waals surface area contributed by atoms with Crippen molar-refractivity contribution >= 4 is 39.1 Å². The molecule has 1 atom stereocenters. The summed E-state index contributed by atoms with van der Waals surface area (Å²) in [6.07, 6.45) is 0. The molecule has 0 bridgehead atoms. The van der Waals surface area contributed by atoms with Crippen LogP contribution in [-0.4, -0.2) is 23.1 Å². The van der Waals surface area contributed by atoms with Gasteiger partial charge in [-0.25, -0.2) is 0 Å². The van der Waals surface area contributed by atoms with Crippen LogP contribution in [0.5, 0.6) is 0 Å². The SMILES string of the molecule is C.C.C.CC.O=[P+]([O-])OP(=O)([O-])[O-].[Mg+2]. The molecule has 0 aromatic heterocycles. The minimum Gasteiger partial charge on any atom is -0.786 e. The van der Waals surface area contributed by atoms with Gasteiger partial charge in [-0.05, 0) is 4.57 Å². The molecule has 0 spiro atoms. The molecular weight excluding hydrogens is 242 g/mol. The number of hydrogen-bond acceptors (Lipinski definition) is 6. The van der Waals surface area contributed by atoms with E-state index in [0.717, 1.165) is 0 Å². The average Bonchev–Trinajstić information content (AvgIpc) is 1.64. The Hall–Kier alpha value is 0.936. The standard InChI is InChI=1S/C2H6.3CH4.Mg.H2O6P2/c1-2;;;;;1-7(2)6-8(3,4)5/h1-2H3;3*1H4;;(H2,3,4,5)/q;;;;+2;/p-2. The van der Waals surface area contributed by atoms with Gasteiger partial charge in [-0.3, -0.25) is 0 Å². The van der Waals surface area contributed by atoms with E-state index >= 15 is 0 Å². The molecule has 0 aliphatic heterocycles. The van der Waals surface area contributed by atoms with Gasteiger partial charge >= 0.3 is 31.3 Å². The van der Waals surface area contributed by atoms with Crippen molar-refractivity contribution in [3.8, 4) is 0 Å². The van der Waals surface area contributed by atoms with E-state index in [1.54, 1.807) is 0 Å². The molecule has 0 rings (SSSR count). The first-order valence-corrected chi connectivity index (χ1v) is 4.83. The Labute approximate surface area is 103 Å². The van der Waals surface area contributed by atoms with Gasteiger partial charge in [0.1, 0.15) is 7.82 Å². The summed E-state index contributed by atoms with van der Waals surface area (Å²) in [5, 5.41) is 0. The molecule has 1 unspecified atom stereocenters. The second kappa shape index (κ2) is 19.5. The van der Waals surface area contributed by atoms with E-state index in [4.69, 9.17) is 0 Å². The molecule has 0 heterocycles. The van der Waals surface area contributed by atoms with Gasteiger partial charge < -0.3 is 19.2 Å². The van der Waals surface area contributed by atoms with Crippen LogP contribution >= 0.6 is 16.1 Å². The molecule has 0 aromatic carbocycles. The molecule has 6 nitrogen and oxygen atoms in total. The predicted molar refractivity (Wildman–Crippen MR) is 53.6 cm³/mol. The zero-order valence-electron chi connectivity index (χ0n) is 6.05. The van der Waals surface area contributed by atoms with Crippen molar-refractivity contribution in [2.24, 2.45) is 0 Å². The Morgan fingerprint density at radius 3 is 1.36 bits per heavy atom. The summed E-state index contributed by atoms with van der Waals surface area (Å²) >= 11 is 0. The molecule has 9 heteroatoms. The Bertz CT molecular complexity index is 147. The first-order chi connectivity index (χ1) is 4.42. The Kier molecular flexibility index (Phi) is 50.6. The summed E-state index contributed by atoms with van der Waals surface area (Å²) in [5.74, 6) is 0. The van der Waals surface area contributed by atoms with E-state index in [1.807, 2.05) is 13.8 Å². The van der Waals surface area contributed by atoms with Gasteiger partial charge in [0.2, 0.25) is 0 Å². The third kappa shape index (κ3) is 52.3. The molecule has 0 aromatic rings. The maximum Gasteiger partial charge on any atom is 2.00 e. The normalized spacial score (nSPS) is 8.21. The van der Waals surface area contributed by atoms with E-state index in [2.05, 4.69) is 4.31 Å². The van der Waals surface area contributed by atoms with E-state index < -0.39 is 16.1 Å². The Balaban J connectivity index is -0.0000000250. The van der Waals surface area contributed by atoms with Crippen molar-refractivity contribution in [2.75, 3.05) is 0 Å². The molecule has 0 aliphatic carbocycles. The molecule has 0 fully saturated rings. The van der Waals surface area contributed by atoms with Crippen molar-refractivity contribution < 1.29 is 28.1 Å². The molecule has 0 amide bonds. The number of phosphoric acid groups is 1. The van der Waals surface area contributed by atoms with Crippen LogP contribution in [0.25, 0.3) is 0 Å². The molecule has 0 N–H and O–H groups in total. The Morgan fingerprint density at radius 1 is 1.14 bits per heavy atom. The third-order valence-electron chi connectivity index (χ3n) is 0.167. The van der Waals surface area contributed by atoms with Crippen molar-refractivity contribution in [3.63, 3.8) is 0 Å². The average molecular weight is 260 g/mol. The summed E-state index contributed by atoms with van der Waals surface area (Å²) in [4.78, 5) is 27.9.